The molecule has 20 heavy (non-hydrogen) atoms. The first-order valence-corrected chi connectivity index (χ1v) is 8.35. The molecule has 3 nitrogen and oxygen atoms in total. The fraction of sp³-hybridized carbons (Fsp3) is 0.941. The summed E-state index contributed by atoms with van der Waals surface area (Å²) in [5, 5.41) is 18.7. The number of carbonyl (C=O) groups excluding carboxylic acids is 1. The van der Waals surface area contributed by atoms with Gasteiger partial charge in [-0.25, -0.2) is 0 Å². The molecule has 0 aliphatic heterocycles. The number of hydrogen-bond donors (Lipinski definition) is 2. The SMILES string of the molecule is CCCCCCCCCC(CO)CC(CO)CC(C)=O. The first-order chi connectivity index (χ1) is 9.63. The Balaban J connectivity index is 3.71. The van der Waals surface area contributed by atoms with Gasteiger partial charge in [-0.2, -0.15) is 0 Å². The highest BCUT2D eigenvalue weighted by Gasteiger charge is 2.16. The van der Waals surface area contributed by atoms with Crippen LogP contribution in [0, 0.1) is 11.8 Å². The van der Waals surface area contributed by atoms with Crippen LogP contribution in [-0.4, -0.2) is 29.2 Å². The highest BCUT2D eigenvalue weighted by atomic mass is 16.3. The van der Waals surface area contributed by atoms with Crippen LogP contribution in [0.5, 0.6) is 0 Å². The second-order valence-corrected chi connectivity index (χ2v) is 6.15. The van der Waals surface area contributed by atoms with Gasteiger partial charge >= 0.3 is 0 Å². The molecule has 0 fully saturated rings. The quantitative estimate of drug-likeness (QED) is 0.479. The van der Waals surface area contributed by atoms with Crippen molar-refractivity contribution in [2.75, 3.05) is 13.2 Å². The third-order valence-electron chi connectivity index (χ3n) is 3.98. The van der Waals surface area contributed by atoms with E-state index in [1.165, 1.54) is 38.5 Å². The molecule has 0 aromatic heterocycles. The monoisotopic (exact) mass is 286 g/mol. The number of aliphatic hydroxyl groups excluding tert-OH is 2. The van der Waals surface area contributed by atoms with E-state index in [1.54, 1.807) is 6.92 Å². The van der Waals surface area contributed by atoms with Crippen LogP contribution in [0.15, 0.2) is 0 Å². The Morgan fingerprint density at radius 3 is 1.95 bits per heavy atom. The molecule has 2 atom stereocenters. The Hall–Kier alpha value is -0.410. The zero-order valence-corrected chi connectivity index (χ0v) is 13.4. The number of ketones is 1. The lowest BCUT2D eigenvalue weighted by Crippen LogP contribution is -2.18. The van der Waals surface area contributed by atoms with Crippen LogP contribution in [0.3, 0.4) is 0 Å². The maximum Gasteiger partial charge on any atom is 0.130 e. The maximum absolute atomic E-state index is 11.1. The molecule has 0 amide bonds. The molecule has 0 bridgehead atoms. The van der Waals surface area contributed by atoms with Crippen molar-refractivity contribution in [1.29, 1.82) is 0 Å². The molecule has 0 saturated heterocycles. The van der Waals surface area contributed by atoms with Crippen LogP contribution in [0.4, 0.5) is 0 Å². The Morgan fingerprint density at radius 1 is 0.900 bits per heavy atom. The summed E-state index contributed by atoms with van der Waals surface area (Å²) >= 11 is 0. The molecule has 0 aromatic carbocycles. The predicted molar refractivity (Wildman–Crippen MR) is 83.7 cm³/mol. The van der Waals surface area contributed by atoms with E-state index in [2.05, 4.69) is 6.92 Å². The maximum atomic E-state index is 11.1. The molecule has 0 rings (SSSR count). The van der Waals surface area contributed by atoms with Gasteiger partial charge in [0, 0.05) is 19.6 Å². The van der Waals surface area contributed by atoms with Crippen molar-refractivity contribution < 1.29 is 15.0 Å². The summed E-state index contributed by atoms with van der Waals surface area (Å²) in [6.07, 6.45) is 11.2. The van der Waals surface area contributed by atoms with Crippen molar-refractivity contribution in [2.24, 2.45) is 11.8 Å². The molecule has 0 saturated carbocycles. The minimum Gasteiger partial charge on any atom is -0.396 e. The minimum absolute atomic E-state index is 0.0224. The van der Waals surface area contributed by atoms with Crippen LogP contribution in [0.1, 0.15) is 78.1 Å². The lowest BCUT2D eigenvalue weighted by molar-refractivity contribution is -0.118. The van der Waals surface area contributed by atoms with E-state index in [-0.39, 0.29) is 30.8 Å². The van der Waals surface area contributed by atoms with Crippen LogP contribution in [-0.2, 0) is 4.79 Å². The van der Waals surface area contributed by atoms with Gasteiger partial charge in [-0.05, 0) is 31.6 Å². The predicted octanol–water partition coefficient (Wildman–Crippen LogP) is 3.71. The van der Waals surface area contributed by atoms with Crippen molar-refractivity contribution in [2.45, 2.75) is 78.1 Å². The molecule has 0 aliphatic rings. The molecule has 0 aliphatic carbocycles. The lowest BCUT2D eigenvalue weighted by atomic mass is 9.88. The van der Waals surface area contributed by atoms with Gasteiger partial charge in [0.25, 0.3) is 0 Å². The first-order valence-electron chi connectivity index (χ1n) is 8.35. The molecule has 2 N–H and O–H groups in total. The fourth-order valence-electron chi connectivity index (χ4n) is 2.77. The number of rotatable bonds is 14. The second-order valence-electron chi connectivity index (χ2n) is 6.15. The summed E-state index contributed by atoms with van der Waals surface area (Å²) in [6.45, 7) is 4.01. The van der Waals surface area contributed by atoms with Crippen molar-refractivity contribution in [3.05, 3.63) is 0 Å². The topological polar surface area (TPSA) is 57.5 Å². The van der Waals surface area contributed by atoms with Gasteiger partial charge in [0.15, 0.2) is 0 Å². The largest absolute Gasteiger partial charge is 0.396 e. The van der Waals surface area contributed by atoms with E-state index >= 15 is 0 Å². The highest BCUT2D eigenvalue weighted by Crippen LogP contribution is 2.21. The molecule has 2 unspecified atom stereocenters. The fourth-order valence-corrected chi connectivity index (χ4v) is 2.77. The molecular formula is C17H34O3. The van der Waals surface area contributed by atoms with Crippen molar-refractivity contribution >= 4 is 5.78 Å². The molecular weight excluding hydrogens is 252 g/mol. The second kappa shape index (κ2) is 13.6. The van der Waals surface area contributed by atoms with Crippen molar-refractivity contribution in [1.82, 2.24) is 0 Å². The summed E-state index contributed by atoms with van der Waals surface area (Å²) in [5.41, 5.74) is 0. The molecule has 0 heterocycles. The van der Waals surface area contributed by atoms with E-state index in [0.717, 1.165) is 19.3 Å². The highest BCUT2D eigenvalue weighted by molar-refractivity contribution is 5.75. The third-order valence-corrected chi connectivity index (χ3v) is 3.98. The summed E-state index contributed by atoms with van der Waals surface area (Å²) in [4.78, 5) is 11.1. The van der Waals surface area contributed by atoms with E-state index in [9.17, 15) is 15.0 Å². The summed E-state index contributed by atoms with van der Waals surface area (Å²) < 4.78 is 0. The molecule has 120 valence electrons. The zero-order chi connectivity index (χ0) is 15.2. The molecule has 0 aromatic rings. The number of carbonyl (C=O) groups is 1. The normalized spacial score (nSPS) is 14.2. The lowest BCUT2D eigenvalue weighted by Gasteiger charge is -2.19. The molecule has 3 heteroatoms. The smallest absolute Gasteiger partial charge is 0.130 e. The van der Waals surface area contributed by atoms with Crippen LogP contribution >= 0.6 is 0 Å². The summed E-state index contributed by atoms with van der Waals surface area (Å²) in [7, 11) is 0. The third kappa shape index (κ3) is 11.4. The minimum atomic E-state index is 0.0224. The van der Waals surface area contributed by atoms with Crippen LogP contribution in [0.25, 0.3) is 0 Å². The number of unbranched alkanes of at least 4 members (excludes halogenated alkanes) is 6. The standard InChI is InChI=1S/C17H34O3/c1-3-4-5-6-7-8-9-10-16(13-18)12-17(14-19)11-15(2)20/h16-19H,3-14H2,1-2H3. The number of hydrogen-bond acceptors (Lipinski definition) is 3. The van der Waals surface area contributed by atoms with Gasteiger partial charge in [0.2, 0.25) is 0 Å². The average molecular weight is 286 g/mol. The molecule has 0 spiro atoms. The van der Waals surface area contributed by atoms with E-state index in [4.69, 9.17) is 0 Å². The Morgan fingerprint density at radius 2 is 1.45 bits per heavy atom. The Bertz CT molecular complexity index is 228. The summed E-state index contributed by atoms with van der Waals surface area (Å²) in [6, 6.07) is 0. The van der Waals surface area contributed by atoms with Crippen molar-refractivity contribution in [3.8, 4) is 0 Å². The van der Waals surface area contributed by atoms with Gasteiger partial charge in [-0.3, -0.25) is 0 Å². The van der Waals surface area contributed by atoms with Gasteiger partial charge in [0.05, 0.1) is 0 Å². The zero-order valence-electron chi connectivity index (χ0n) is 13.4. The molecule has 0 radical (unpaired) electrons. The van der Waals surface area contributed by atoms with E-state index < -0.39 is 0 Å². The van der Waals surface area contributed by atoms with Gasteiger partial charge in [-0.15, -0.1) is 0 Å². The van der Waals surface area contributed by atoms with Gasteiger partial charge in [0.1, 0.15) is 5.78 Å². The number of aliphatic hydroxyl groups is 2. The number of Topliss-reactive ketones (excluding diaryl/α,β-unsaturated/α-hetero) is 1. The first kappa shape index (κ1) is 19.6. The van der Waals surface area contributed by atoms with Gasteiger partial charge in [-0.1, -0.05) is 51.9 Å². The van der Waals surface area contributed by atoms with Crippen molar-refractivity contribution in [3.63, 3.8) is 0 Å². The van der Waals surface area contributed by atoms with Crippen LogP contribution in [0.2, 0.25) is 0 Å². The van der Waals surface area contributed by atoms with Crippen LogP contribution < -0.4 is 0 Å². The van der Waals surface area contributed by atoms with E-state index in [1.807, 2.05) is 0 Å². The Kier molecular flexibility index (Phi) is 13.3. The van der Waals surface area contributed by atoms with E-state index in [0.29, 0.717) is 6.42 Å². The summed E-state index contributed by atoms with van der Waals surface area (Å²) in [5.74, 6) is 0.382. The Labute approximate surface area is 124 Å². The average Bonchev–Trinajstić information content (AvgIpc) is 2.43. The van der Waals surface area contributed by atoms with Gasteiger partial charge < -0.3 is 15.0 Å².